The summed E-state index contributed by atoms with van der Waals surface area (Å²) >= 11 is 6.82. The van der Waals surface area contributed by atoms with Crippen LogP contribution in [-0.4, -0.2) is 84.1 Å². The SMILES string of the molecule is Cc1c(COc2cc(OCCCCN3CC[C@@H](O)C3)c(CN3CCCC[C@H]3C(=O)O)cc2Cl)cccc1-c1ccc2c(c1)OCCO2. The van der Waals surface area contributed by atoms with Crippen LogP contribution in [0.15, 0.2) is 48.5 Å². The van der Waals surface area contributed by atoms with E-state index in [2.05, 4.69) is 24.0 Å². The van der Waals surface area contributed by atoms with Crippen molar-refractivity contribution in [2.45, 2.75) is 70.7 Å². The summed E-state index contributed by atoms with van der Waals surface area (Å²) in [4.78, 5) is 16.3. The highest BCUT2D eigenvalue weighted by Gasteiger charge is 2.29. The highest BCUT2D eigenvalue weighted by Crippen LogP contribution is 2.38. The number of benzene rings is 3. The number of unbranched alkanes of at least 4 members (excludes halogenated alkanes) is 1. The number of likely N-dealkylation sites (tertiary alicyclic amines) is 2. The molecule has 2 N–H and O–H groups in total. The van der Waals surface area contributed by atoms with Crippen LogP contribution >= 0.6 is 11.6 Å². The number of carbonyl (C=O) groups is 1. The van der Waals surface area contributed by atoms with Crippen LogP contribution in [0.3, 0.4) is 0 Å². The second kappa shape index (κ2) is 15.6. The molecule has 10 heteroatoms. The smallest absolute Gasteiger partial charge is 0.320 e. The number of aliphatic carboxylic acids is 1. The van der Waals surface area contributed by atoms with Crippen LogP contribution in [0.1, 0.15) is 55.2 Å². The molecule has 47 heavy (non-hydrogen) atoms. The first-order valence-electron chi connectivity index (χ1n) is 16.8. The zero-order valence-corrected chi connectivity index (χ0v) is 27.8. The molecule has 0 aliphatic carbocycles. The molecule has 0 spiro atoms. The third kappa shape index (κ3) is 8.33. The first-order chi connectivity index (χ1) is 22.9. The van der Waals surface area contributed by atoms with E-state index in [0.29, 0.717) is 62.5 Å². The van der Waals surface area contributed by atoms with Gasteiger partial charge < -0.3 is 34.1 Å². The number of fused-ring (bicyclic) bond motifs is 1. The summed E-state index contributed by atoms with van der Waals surface area (Å²) in [7, 11) is 0. The van der Waals surface area contributed by atoms with E-state index in [-0.39, 0.29) is 6.10 Å². The number of hydrogen-bond donors (Lipinski definition) is 2. The van der Waals surface area contributed by atoms with Crippen LogP contribution in [0, 0.1) is 6.92 Å². The van der Waals surface area contributed by atoms with Crippen LogP contribution in [-0.2, 0) is 17.9 Å². The molecule has 6 rings (SSSR count). The average molecular weight is 665 g/mol. The van der Waals surface area contributed by atoms with Gasteiger partial charge in [0.1, 0.15) is 37.4 Å². The zero-order valence-electron chi connectivity index (χ0n) is 27.1. The van der Waals surface area contributed by atoms with E-state index in [1.54, 1.807) is 0 Å². The maximum absolute atomic E-state index is 12.0. The molecule has 0 unspecified atom stereocenters. The number of nitrogens with zero attached hydrogens (tertiary/aromatic N) is 2. The van der Waals surface area contributed by atoms with Crippen molar-refractivity contribution in [3.8, 4) is 34.1 Å². The summed E-state index contributed by atoms with van der Waals surface area (Å²) in [6, 6.07) is 15.4. The fourth-order valence-corrected chi connectivity index (χ4v) is 7.02. The van der Waals surface area contributed by atoms with Gasteiger partial charge in [-0.25, -0.2) is 0 Å². The van der Waals surface area contributed by atoms with Gasteiger partial charge in [-0.15, -0.1) is 0 Å². The normalized spacial score (nSPS) is 19.9. The van der Waals surface area contributed by atoms with Crippen molar-refractivity contribution >= 4 is 17.6 Å². The van der Waals surface area contributed by atoms with Crippen molar-refractivity contribution in [3.63, 3.8) is 0 Å². The molecule has 3 aromatic rings. The number of aliphatic hydroxyl groups excluding tert-OH is 1. The molecule has 9 nitrogen and oxygen atoms in total. The Morgan fingerprint density at radius 1 is 0.957 bits per heavy atom. The van der Waals surface area contributed by atoms with E-state index < -0.39 is 12.0 Å². The first-order valence-corrected chi connectivity index (χ1v) is 17.2. The summed E-state index contributed by atoms with van der Waals surface area (Å²) in [6.45, 7) is 7.77. The molecule has 0 saturated carbocycles. The zero-order chi connectivity index (χ0) is 32.8. The maximum Gasteiger partial charge on any atom is 0.320 e. The topological polar surface area (TPSA) is 101 Å². The summed E-state index contributed by atoms with van der Waals surface area (Å²) < 4.78 is 24.2. The predicted octanol–water partition coefficient (Wildman–Crippen LogP) is 6.33. The summed E-state index contributed by atoms with van der Waals surface area (Å²) in [6.07, 6.45) is 4.95. The fourth-order valence-electron chi connectivity index (χ4n) is 6.78. The van der Waals surface area contributed by atoms with Crippen LogP contribution in [0.4, 0.5) is 0 Å². The fraction of sp³-hybridized carbons (Fsp3) is 0.486. The molecule has 0 radical (unpaired) electrons. The van der Waals surface area contributed by atoms with E-state index >= 15 is 0 Å². The number of ether oxygens (including phenoxy) is 4. The van der Waals surface area contributed by atoms with Gasteiger partial charge in [-0.1, -0.05) is 42.3 Å². The number of carboxylic acids is 1. The van der Waals surface area contributed by atoms with Crippen molar-refractivity contribution in [2.24, 2.45) is 0 Å². The van der Waals surface area contributed by atoms with E-state index in [0.717, 1.165) is 91.1 Å². The Bertz CT molecular complexity index is 1550. The lowest BCUT2D eigenvalue weighted by atomic mass is 9.96. The van der Waals surface area contributed by atoms with Crippen molar-refractivity contribution in [1.29, 1.82) is 0 Å². The third-order valence-electron chi connectivity index (χ3n) is 9.44. The van der Waals surface area contributed by atoms with Crippen LogP contribution in [0.25, 0.3) is 11.1 Å². The summed E-state index contributed by atoms with van der Waals surface area (Å²) in [5.41, 5.74) is 5.12. The Balaban J connectivity index is 1.17. The maximum atomic E-state index is 12.0. The Hall–Kier alpha value is -3.50. The van der Waals surface area contributed by atoms with Gasteiger partial charge in [-0.3, -0.25) is 9.69 Å². The van der Waals surface area contributed by atoms with Crippen LogP contribution in [0.5, 0.6) is 23.0 Å². The second-order valence-corrected chi connectivity index (χ2v) is 13.2. The largest absolute Gasteiger partial charge is 0.493 e. The predicted molar refractivity (Wildman–Crippen MR) is 181 cm³/mol. The van der Waals surface area contributed by atoms with Crippen LogP contribution < -0.4 is 18.9 Å². The lowest BCUT2D eigenvalue weighted by Gasteiger charge is -2.33. The van der Waals surface area contributed by atoms with Crippen LogP contribution in [0.2, 0.25) is 5.02 Å². The Kier molecular flexibility index (Phi) is 11.1. The number of hydrogen-bond acceptors (Lipinski definition) is 8. The molecule has 0 bridgehead atoms. The Morgan fingerprint density at radius 2 is 1.81 bits per heavy atom. The molecule has 3 aromatic carbocycles. The lowest BCUT2D eigenvalue weighted by molar-refractivity contribution is -0.144. The number of β-amino-alcohol motifs (C(OH)–C–C–N with tert-alkyl or cyclic N) is 1. The van der Waals surface area contributed by atoms with Gasteiger partial charge in [-0.05, 0) is 92.6 Å². The van der Waals surface area contributed by atoms with Gasteiger partial charge in [0.2, 0.25) is 0 Å². The first kappa shape index (κ1) is 33.4. The van der Waals surface area contributed by atoms with Gasteiger partial charge >= 0.3 is 5.97 Å². The number of halogens is 1. The average Bonchev–Trinajstić information content (AvgIpc) is 3.50. The van der Waals surface area contributed by atoms with Gasteiger partial charge in [0.15, 0.2) is 11.5 Å². The third-order valence-corrected chi connectivity index (χ3v) is 9.74. The number of carboxylic acid groups (broad SMARTS) is 1. The molecule has 0 amide bonds. The quantitative estimate of drug-likeness (QED) is 0.203. The van der Waals surface area contributed by atoms with E-state index in [4.69, 9.17) is 30.5 Å². The molecule has 0 aromatic heterocycles. The molecule has 3 aliphatic heterocycles. The molecule has 2 fully saturated rings. The molecule has 2 saturated heterocycles. The Morgan fingerprint density at radius 3 is 2.62 bits per heavy atom. The molecule has 3 heterocycles. The number of rotatable bonds is 13. The van der Waals surface area contributed by atoms with Gasteiger partial charge in [-0.2, -0.15) is 0 Å². The van der Waals surface area contributed by atoms with Gasteiger partial charge in [0.25, 0.3) is 0 Å². The molecular formula is C37H45ClN2O7. The van der Waals surface area contributed by atoms with E-state index in [1.807, 2.05) is 41.3 Å². The highest BCUT2D eigenvalue weighted by molar-refractivity contribution is 6.32. The molecule has 252 valence electrons. The van der Waals surface area contributed by atoms with E-state index in [1.165, 1.54) is 0 Å². The molecule has 3 aliphatic rings. The number of aliphatic hydroxyl groups is 1. The van der Waals surface area contributed by atoms with Crippen molar-refractivity contribution < 1.29 is 34.0 Å². The van der Waals surface area contributed by atoms with Crippen molar-refractivity contribution in [2.75, 3.05) is 46.0 Å². The number of piperidine rings is 1. The summed E-state index contributed by atoms with van der Waals surface area (Å²) in [5, 5.41) is 20.1. The molecular weight excluding hydrogens is 620 g/mol. The van der Waals surface area contributed by atoms with E-state index in [9.17, 15) is 15.0 Å². The lowest BCUT2D eigenvalue weighted by Crippen LogP contribution is -2.44. The monoisotopic (exact) mass is 664 g/mol. The molecule has 2 atom stereocenters. The van der Waals surface area contributed by atoms with Crippen molar-refractivity contribution in [3.05, 3.63) is 70.2 Å². The Labute approximate surface area is 281 Å². The minimum Gasteiger partial charge on any atom is -0.493 e. The van der Waals surface area contributed by atoms with Gasteiger partial charge in [0, 0.05) is 31.3 Å². The minimum atomic E-state index is -0.793. The minimum absolute atomic E-state index is 0.217. The summed E-state index contributed by atoms with van der Waals surface area (Å²) in [5.74, 6) is 1.91. The van der Waals surface area contributed by atoms with Crippen molar-refractivity contribution in [1.82, 2.24) is 9.80 Å². The standard InChI is InChI=1S/C37H45ClN2O7/c1-25-27(7-6-8-30(25)26-10-11-33-36(20-26)46-18-17-45-33)24-47-35-21-34(44-16-5-4-13-39-15-12-29(41)23-39)28(19-31(35)38)22-40-14-3-2-9-32(40)37(42)43/h6-8,10-11,19-21,29,32,41H,2-5,9,12-18,22-24H2,1H3,(H,42,43)/t29-,32+/m1/s1. The highest BCUT2D eigenvalue weighted by atomic mass is 35.5. The second-order valence-electron chi connectivity index (χ2n) is 12.7. The van der Waals surface area contributed by atoms with Gasteiger partial charge in [0.05, 0.1) is 17.7 Å².